The molecule has 38 heavy (non-hydrogen) atoms. The van der Waals surface area contributed by atoms with E-state index in [9.17, 15) is 9.18 Å². The number of halogens is 1. The Balaban J connectivity index is 1.21. The van der Waals surface area contributed by atoms with Gasteiger partial charge in [-0.25, -0.2) is 8.70 Å². The molecule has 3 unspecified atom stereocenters. The van der Waals surface area contributed by atoms with Crippen LogP contribution in [-0.4, -0.2) is 59.0 Å². The Morgan fingerprint density at radius 1 is 1.11 bits per heavy atom. The van der Waals surface area contributed by atoms with Crippen LogP contribution in [0.25, 0.3) is 0 Å². The first-order valence-electron chi connectivity index (χ1n) is 13.1. The second-order valence-corrected chi connectivity index (χ2v) is 11.1. The first-order chi connectivity index (χ1) is 18.4. The smallest absolute Gasteiger partial charge is 0.254 e. The minimum absolute atomic E-state index is 0.0142. The Hall–Kier alpha value is -2.94. The number of ether oxygens (including phenoxy) is 2. The van der Waals surface area contributed by atoms with E-state index in [1.54, 1.807) is 25.1 Å². The Labute approximate surface area is 228 Å². The summed E-state index contributed by atoms with van der Waals surface area (Å²) in [6, 6.07) is 17.6. The van der Waals surface area contributed by atoms with Gasteiger partial charge in [0, 0.05) is 25.0 Å². The van der Waals surface area contributed by atoms with E-state index in [0.717, 1.165) is 58.8 Å². The number of aromatic nitrogens is 1. The molecule has 3 heterocycles. The zero-order valence-electron chi connectivity index (χ0n) is 22.1. The van der Waals surface area contributed by atoms with Crippen LogP contribution in [0.15, 0.2) is 60.8 Å². The van der Waals surface area contributed by atoms with Crippen LogP contribution < -0.4 is 4.74 Å². The van der Waals surface area contributed by atoms with Gasteiger partial charge < -0.3 is 14.4 Å². The monoisotopic (exact) mass is 535 g/mol. The fourth-order valence-electron chi connectivity index (χ4n) is 5.20. The second kappa shape index (κ2) is 11.8. The number of methoxy groups -OCH3 is 1. The summed E-state index contributed by atoms with van der Waals surface area (Å²) in [7, 11) is 1.67. The molecular weight excluding hydrogens is 501 g/mol. The van der Waals surface area contributed by atoms with E-state index in [-0.39, 0.29) is 30.0 Å². The summed E-state index contributed by atoms with van der Waals surface area (Å²) in [5.41, 5.74) is 4.84. The number of carbonyl (C=O) groups excluding carboxylic acids is 1. The van der Waals surface area contributed by atoms with Crippen LogP contribution in [0.1, 0.15) is 51.6 Å². The van der Waals surface area contributed by atoms with Crippen LogP contribution in [0.2, 0.25) is 0 Å². The van der Waals surface area contributed by atoms with Crippen molar-refractivity contribution in [1.29, 1.82) is 0 Å². The highest BCUT2D eigenvalue weighted by atomic mass is 32.2. The molecule has 6 nitrogen and oxygen atoms in total. The van der Waals surface area contributed by atoms with E-state index < -0.39 is 0 Å². The maximum absolute atomic E-state index is 13.3. The van der Waals surface area contributed by atoms with Crippen LogP contribution >= 0.6 is 11.9 Å². The molecule has 0 bridgehead atoms. The average Bonchev–Trinajstić information content (AvgIpc) is 3.56. The van der Waals surface area contributed by atoms with Crippen molar-refractivity contribution in [3.05, 3.63) is 94.6 Å². The lowest BCUT2D eigenvalue weighted by Gasteiger charge is -2.23. The molecule has 2 fully saturated rings. The van der Waals surface area contributed by atoms with Crippen molar-refractivity contribution in [3.63, 3.8) is 0 Å². The predicted molar refractivity (Wildman–Crippen MR) is 148 cm³/mol. The van der Waals surface area contributed by atoms with E-state index in [1.807, 2.05) is 49.1 Å². The Morgan fingerprint density at radius 2 is 1.95 bits per heavy atom. The van der Waals surface area contributed by atoms with Crippen molar-refractivity contribution in [2.45, 2.75) is 50.7 Å². The topological polar surface area (TPSA) is 54.9 Å². The molecule has 0 spiro atoms. The average molecular weight is 536 g/mol. The molecule has 3 aromatic rings. The number of amides is 1. The molecule has 1 amide bonds. The lowest BCUT2D eigenvalue weighted by molar-refractivity contribution is 0.0339. The van der Waals surface area contributed by atoms with Gasteiger partial charge in [-0.1, -0.05) is 41.8 Å². The number of hydrogen-bond acceptors (Lipinski definition) is 6. The number of pyridine rings is 1. The van der Waals surface area contributed by atoms with Crippen LogP contribution in [-0.2, 0) is 10.5 Å². The minimum Gasteiger partial charge on any atom is -0.486 e. The van der Waals surface area contributed by atoms with Crippen molar-refractivity contribution >= 4 is 17.9 Å². The van der Waals surface area contributed by atoms with Crippen molar-refractivity contribution in [2.75, 3.05) is 26.7 Å². The summed E-state index contributed by atoms with van der Waals surface area (Å²) < 4.78 is 27.8. The van der Waals surface area contributed by atoms with E-state index in [1.165, 1.54) is 12.3 Å². The highest BCUT2D eigenvalue weighted by Gasteiger charge is 2.38. The molecule has 2 saturated heterocycles. The summed E-state index contributed by atoms with van der Waals surface area (Å²) in [6.45, 7) is 5.92. The number of benzene rings is 2. The standard InChI is InChI=1S/C30H34FN3O3S/c1-20-9-10-21(2)25(14-20)30(35)33-17-28(36-3)29(18-33)37-24-7-4-6-22(15-24)19-38-34-13-5-8-27(34)26-12-11-23(31)16-32-26/h4,6-7,9-12,14-16,27-29H,5,8,13,17-19H2,1-3H3. The second-order valence-electron chi connectivity index (χ2n) is 10.1. The summed E-state index contributed by atoms with van der Waals surface area (Å²) in [5, 5.41) is 0. The van der Waals surface area contributed by atoms with Crippen molar-refractivity contribution < 1.29 is 18.7 Å². The number of nitrogens with zero attached hydrogens (tertiary/aromatic N) is 3. The van der Waals surface area contributed by atoms with E-state index >= 15 is 0 Å². The molecule has 1 aromatic heterocycles. The first kappa shape index (κ1) is 26.7. The highest BCUT2D eigenvalue weighted by molar-refractivity contribution is 7.96. The summed E-state index contributed by atoms with van der Waals surface area (Å²) >= 11 is 1.77. The zero-order chi connectivity index (χ0) is 26.6. The van der Waals surface area contributed by atoms with Gasteiger partial charge in [0.1, 0.15) is 23.8 Å². The van der Waals surface area contributed by atoms with Crippen LogP contribution in [0.4, 0.5) is 4.39 Å². The fourth-order valence-corrected chi connectivity index (χ4v) is 6.35. The molecule has 200 valence electrons. The number of rotatable bonds is 8. The van der Waals surface area contributed by atoms with Gasteiger partial charge in [0.05, 0.1) is 31.0 Å². The molecule has 2 aliphatic heterocycles. The highest BCUT2D eigenvalue weighted by Crippen LogP contribution is 2.37. The number of hydrogen-bond donors (Lipinski definition) is 0. The summed E-state index contributed by atoms with van der Waals surface area (Å²) in [4.78, 5) is 19.4. The van der Waals surface area contributed by atoms with Gasteiger partial charge in [0.15, 0.2) is 0 Å². The maximum atomic E-state index is 13.3. The number of likely N-dealkylation sites (tertiary alicyclic amines) is 1. The Bertz CT molecular complexity index is 1270. The van der Waals surface area contributed by atoms with Gasteiger partial charge in [-0.3, -0.25) is 9.78 Å². The molecule has 0 radical (unpaired) electrons. The molecular formula is C30H34FN3O3S. The molecule has 2 aliphatic rings. The van der Waals surface area contributed by atoms with Crippen molar-refractivity contribution in [2.24, 2.45) is 0 Å². The van der Waals surface area contributed by atoms with Crippen LogP contribution in [0.3, 0.4) is 0 Å². The zero-order valence-corrected chi connectivity index (χ0v) is 22.9. The first-order valence-corrected chi connectivity index (χ1v) is 14.0. The van der Waals surface area contributed by atoms with Crippen LogP contribution in [0, 0.1) is 19.7 Å². The van der Waals surface area contributed by atoms with Gasteiger partial charge in [-0.15, -0.1) is 0 Å². The van der Waals surface area contributed by atoms with E-state index in [2.05, 4.69) is 21.4 Å². The fraction of sp³-hybridized carbons (Fsp3) is 0.400. The van der Waals surface area contributed by atoms with Gasteiger partial charge in [-0.2, -0.15) is 0 Å². The third-order valence-electron chi connectivity index (χ3n) is 7.31. The molecule has 0 saturated carbocycles. The third-order valence-corrected chi connectivity index (χ3v) is 8.54. The van der Waals surface area contributed by atoms with Gasteiger partial charge >= 0.3 is 0 Å². The Kier molecular flexibility index (Phi) is 8.31. The van der Waals surface area contributed by atoms with Gasteiger partial charge in [0.2, 0.25) is 0 Å². The molecule has 5 rings (SSSR count). The molecule has 2 aromatic carbocycles. The number of aryl methyl sites for hydroxylation is 2. The van der Waals surface area contributed by atoms with Gasteiger partial charge in [0.25, 0.3) is 5.91 Å². The molecule has 0 N–H and O–H groups in total. The lowest BCUT2D eigenvalue weighted by Crippen LogP contribution is -2.32. The lowest BCUT2D eigenvalue weighted by atomic mass is 10.0. The van der Waals surface area contributed by atoms with E-state index in [0.29, 0.717) is 13.1 Å². The molecule has 3 atom stereocenters. The maximum Gasteiger partial charge on any atom is 0.254 e. The summed E-state index contributed by atoms with van der Waals surface area (Å²) in [5.74, 6) is 1.28. The quantitative estimate of drug-likeness (QED) is 0.343. The normalized spacial score (nSPS) is 21.7. The number of carbonyl (C=O) groups is 1. The Morgan fingerprint density at radius 3 is 2.74 bits per heavy atom. The molecule has 0 aliphatic carbocycles. The van der Waals surface area contributed by atoms with Gasteiger partial charge in [-0.05, 0) is 68.1 Å². The van der Waals surface area contributed by atoms with Crippen molar-refractivity contribution in [1.82, 2.24) is 14.2 Å². The largest absolute Gasteiger partial charge is 0.486 e. The van der Waals surface area contributed by atoms with Crippen molar-refractivity contribution in [3.8, 4) is 5.75 Å². The van der Waals surface area contributed by atoms with Crippen LogP contribution in [0.5, 0.6) is 5.75 Å². The predicted octanol–water partition coefficient (Wildman–Crippen LogP) is 5.74. The SMILES string of the molecule is COC1CN(C(=O)c2cc(C)ccc2C)CC1Oc1cccc(CSN2CCCC2c2ccc(F)cn2)c1. The third kappa shape index (κ3) is 6.03. The summed E-state index contributed by atoms with van der Waals surface area (Å²) in [6.07, 6.45) is 2.97. The minimum atomic E-state index is -0.307. The molecule has 8 heteroatoms. The van der Waals surface area contributed by atoms with E-state index in [4.69, 9.17) is 9.47 Å².